The van der Waals surface area contributed by atoms with E-state index in [4.69, 9.17) is 0 Å². The van der Waals surface area contributed by atoms with Crippen molar-refractivity contribution in [2.75, 3.05) is 0 Å². The highest BCUT2D eigenvalue weighted by molar-refractivity contribution is 5.92. The molecule has 4 nitrogen and oxygen atoms in total. The van der Waals surface area contributed by atoms with E-state index >= 15 is 0 Å². The van der Waals surface area contributed by atoms with Gasteiger partial charge in [0.15, 0.2) is 0 Å². The Balaban J connectivity index is 1.47. The summed E-state index contributed by atoms with van der Waals surface area (Å²) in [6.07, 6.45) is 5.51. The lowest BCUT2D eigenvalue weighted by atomic mass is 9.68. The zero-order chi connectivity index (χ0) is 19.1. The SMILES string of the molecule is C=C1C(C)(C)C2CC[C@]1(C(=O)NNC(=O)[C@@]13CCC(C1)C(C)(C)C3=C)C2. The number of carbonyl (C=O) groups is 2. The van der Waals surface area contributed by atoms with Crippen LogP contribution in [0.15, 0.2) is 24.3 Å². The third-order valence-electron chi connectivity index (χ3n) is 8.94. The molecule has 4 aliphatic carbocycles. The summed E-state index contributed by atoms with van der Waals surface area (Å²) >= 11 is 0. The predicted molar refractivity (Wildman–Crippen MR) is 102 cm³/mol. The Hall–Kier alpha value is -1.58. The van der Waals surface area contributed by atoms with E-state index in [1.807, 2.05) is 0 Å². The molecule has 4 heteroatoms. The van der Waals surface area contributed by atoms with E-state index < -0.39 is 10.8 Å². The summed E-state index contributed by atoms with van der Waals surface area (Å²) in [4.78, 5) is 26.1. The third-order valence-corrected chi connectivity index (χ3v) is 8.94. The Labute approximate surface area is 156 Å². The zero-order valence-electron chi connectivity index (χ0n) is 16.6. The molecule has 0 aromatic heterocycles. The molecule has 0 aromatic carbocycles. The number of hydrogen-bond acceptors (Lipinski definition) is 2. The third kappa shape index (κ3) is 1.91. The highest BCUT2D eigenvalue weighted by Crippen LogP contribution is 2.66. The van der Waals surface area contributed by atoms with Gasteiger partial charge in [0, 0.05) is 0 Å². The van der Waals surface area contributed by atoms with Gasteiger partial charge in [0.2, 0.25) is 11.8 Å². The maximum absolute atomic E-state index is 13.0. The molecule has 142 valence electrons. The van der Waals surface area contributed by atoms with Crippen LogP contribution in [0.5, 0.6) is 0 Å². The summed E-state index contributed by atoms with van der Waals surface area (Å²) in [6, 6.07) is 0. The number of fused-ring (bicyclic) bond motifs is 4. The molecule has 4 aliphatic rings. The summed E-state index contributed by atoms with van der Waals surface area (Å²) in [6.45, 7) is 17.3. The molecule has 4 atom stereocenters. The molecule has 0 aromatic rings. The van der Waals surface area contributed by atoms with Gasteiger partial charge in [-0.15, -0.1) is 0 Å². The van der Waals surface area contributed by atoms with E-state index in [1.54, 1.807) is 0 Å². The van der Waals surface area contributed by atoms with E-state index in [-0.39, 0.29) is 22.6 Å². The van der Waals surface area contributed by atoms with Gasteiger partial charge in [-0.2, -0.15) is 0 Å². The average molecular weight is 357 g/mol. The van der Waals surface area contributed by atoms with Crippen molar-refractivity contribution in [1.82, 2.24) is 10.9 Å². The van der Waals surface area contributed by atoms with E-state index in [9.17, 15) is 9.59 Å². The zero-order valence-corrected chi connectivity index (χ0v) is 16.6. The normalized spacial score (nSPS) is 41.5. The van der Waals surface area contributed by atoms with Gasteiger partial charge in [-0.1, -0.05) is 52.0 Å². The van der Waals surface area contributed by atoms with Crippen molar-refractivity contribution >= 4 is 11.8 Å². The van der Waals surface area contributed by atoms with Gasteiger partial charge in [-0.3, -0.25) is 20.4 Å². The first-order valence-electron chi connectivity index (χ1n) is 9.99. The molecule has 2 amide bonds. The monoisotopic (exact) mass is 356 g/mol. The average Bonchev–Trinajstić information content (AvgIpc) is 3.30. The van der Waals surface area contributed by atoms with Crippen molar-refractivity contribution in [3.63, 3.8) is 0 Å². The summed E-state index contributed by atoms with van der Waals surface area (Å²) in [5.74, 6) is 0.859. The second-order valence-corrected chi connectivity index (χ2v) is 10.4. The highest BCUT2D eigenvalue weighted by Gasteiger charge is 2.62. The Bertz CT molecular complexity index is 672. The quantitative estimate of drug-likeness (QED) is 0.582. The maximum Gasteiger partial charge on any atom is 0.248 e. The van der Waals surface area contributed by atoms with Crippen molar-refractivity contribution in [3.05, 3.63) is 24.3 Å². The van der Waals surface area contributed by atoms with E-state index in [0.29, 0.717) is 11.8 Å². The van der Waals surface area contributed by atoms with Crippen LogP contribution in [0, 0.1) is 33.5 Å². The number of hydrazine groups is 1. The van der Waals surface area contributed by atoms with Crippen LogP contribution in [-0.2, 0) is 9.59 Å². The van der Waals surface area contributed by atoms with E-state index in [2.05, 4.69) is 51.7 Å². The van der Waals surface area contributed by atoms with Gasteiger partial charge < -0.3 is 0 Å². The maximum atomic E-state index is 13.0. The molecule has 0 aliphatic heterocycles. The molecule has 0 heterocycles. The van der Waals surface area contributed by atoms with Crippen LogP contribution in [0.25, 0.3) is 0 Å². The first kappa shape index (κ1) is 17.8. The van der Waals surface area contributed by atoms with Crippen LogP contribution in [0.2, 0.25) is 0 Å². The van der Waals surface area contributed by atoms with Crippen molar-refractivity contribution in [3.8, 4) is 0 Å². The van der Waals surface area contributed by atoms with Gasteiger partial charge in [0.25, 0.3) is 0 Å². The fraction of sp³-hybridized carbons (Fsp3) is 0.727. The minimum atomic E-state index is -0.511. The van der Waals surface area contributed by atoms with Gasteiger partial charge in [-0.05, 0) is 61.2 Å². The Morgan fingerprint density at radius 1 is 0.808 bits per heavy atom. The lowest BCUT2D eigenvalue weighted by molar-refractivity contribution is -0.137. The van der Waals surface area contributed by atoms with Crippen molar-refractivity contribution in [1.29, 1.82) is 0 Å². The molecular formula is C22H32N2O2. The van der Waals surface area contributed by atoms with Crippen LogP contribution in [-0.4, -0.2) is 11.8 Å². The molecule has 4 saturated carbocycles. The number of amides is 2. The molecule has 2 N–H and O–H groups in total. The minimum absolute atomic E-state index is 0.000717. The Morgan fingerprint density at radius 3 is 1.42 bits per heavy atom. The second kappa shape index (κ2) is 5.02. The van der Waals surface area contributed by atoms with Crippen LogP contribution >= 0.6 is 0 Å². The fourth-order valence-electron chi connectivity index (χ4n) is 6.64. The first-order chi connectivity index (χ1) is 12.0. The molecule has 0 saturated heterocycles. The molecule has 0 spiro atoms. The Morgan fingerprint density at radius 2 is 1.15 bits per heavy atom. The summed E-state index contributed by atoms with van der Waals surface area (Å²) in [5, 5.41) is 0. The van der Waals surface area contributed by atoms with Crippen molar-refractivity contribution < 1.29 is 9.59 Å². The van der Waals surface area contributed by atoms with Crippen LogP contribution in [0.3, 0.4) is 0 Å². The largest absolute Gasteiger partial charge is 0.272 e. The molecule has 2 unspecified atom stereocenters. The van der Waals surface area contributed by atoms with Gasteiger partial charge in [0.05, 0.1) is 10.8 Å². The lowest BCUT2D eigenvalue weighted by Gasteiger charge is -2.38. The van der Waals surface area contributed by atoms with Crippen LogP contribution < -0.4 is 10.9 Å². The fourth-order valence-corrected chi connectivity index (χ4v) is 6.64. The van der Waals surface area contributed by atoms with Crippen LogP contribution in [0.1, 0.15) is 66.2 Å². The van der Waals surface area contributed by atoms with Crippen molar-refractivity contribution in [2.24, 2.45) is 33.5 Å². The summed E-state index contributed by atoms with van der Waals surface area (Å²) < 4.78 is 0. The number of hydrogen-bond donors (Lipinski definition) is 2. The lowest BCUT2D eigenvalue weighted by Crippen LogP contribution is -2.53. The number of nitrogens with one attached hydrogen (secondary N) is 2. The van der Waals surface area contributed by atoms with E-state index in [1.165, 1.54) is 0 Å². The van der Waals surface area contributed by atoms with Gasteiger partial charge >= 0.3 is 0 Å². The van der Waals surface area contributed by atoms with Gasteiger partial charge in [0.1, 0.15) is 0 Å². The highest BCUT2D eigenvalue weighted by atomic mass is 16.2. The van der Waals surface area contributed by atoms with Gasteiger partial charge in [-0.25, -0.2) is 0 Å². The Kier molecular flexibility index (Phi) is 3.44. The van der Waals surface area contributed by atoms with Crippen LogP contribution in [0.4, 0.5) is 0 Å². The molecular weight excluding hydrogens is 324 g/mol. The summed E-state index contributed by atoms with van der Waals surface area (Å²) in [5.41, 5.74) is 6.58. The molecule has 26 heavy (non-hydrogen) atoms. The number of carbonyl (C=O) groups excluding carboxylic acids is 2. The van der Waals surface area contributed by atoms with Crippen molar-refractivity contribution in [2.45, 2.75) is 66.2 Å². The minimum Gasteiger partial charge on any atom is -0.272 e. The topological polar surface area (TPSA) is 58.2 Å². The molecule has 4 bridgehead atoms. The predicted octanol–water partition coefficient (Wildman–Crippen LogP) is 3.90. The smallest absolute Gasteiger partial charge is 0.248 e. The molecule has 4 fully saturated rings. The standard InChI is InChI=1S/C22H32N2O2/c1-13-19(3,4)15-7-9-21(13,11-15)17(25)23-24-18(26)22-10-8-16(12-22)20(5,6)14(22)2/h15-16H,1-2,7-12H2,3-6H3,(H,23,25)(H,24,26)/t15?,16?,21-,22-/m0/s1. The summed E-state index contributed by atoms with van der Waals surface area (Å²) in [7, 11) is 0. The number of rotatable bonds is 2. The first-order valence-corrected chi connectivity index (χ1v) is 9.99. The second-order valence-electron chi connectivity index (χ2n) is 10.4. The van der Waals surface area contributed by atoms with E-state index in [0.717, 1.165) is 49.7 Å². The molecule has 4 rings (SSSR count). The molecule has 0 radical (unpaired) electrons.